The zero-order chi connectivity index (χ0) is 100. The van der Waals surface area contributed by atoms with Gasteiger partial charge >= 0.3 is 12.1 Å². The highest BCUT2D eigenvalue weighted by atomic mass is 32.2. The first-order valence-electron chi connectivity index (χ1n) is 47.3. The second kappa shape index (κ2) is 53.7. The average Bonchev–Trinajstić information content (AvgIpc) is 1.51. The van der Waals surface area contributed by atoms with Crippen LogP contribution in [0.25, 0.3) is 11.4 Å². The molecular formula is C97H135F2N13O26S. The maximum Gasteiger partial charge on any atom is 0.411 e. The molecule has 1 unspecified atom stereocenters. The summed E-state index contributed by atoms with van der Waals surface area (Å²) in [7, 11) is -2.57. The minimum absolute atomic E-state index is 0.0143. The van der Waals surface area contributed by atoms with E-state index in [1.54, 1.807) is 49.9 Å². The largest absolute Gasteiger partial charge is 0.486 e. The number of nitrogens with zero attached hydrogens (tertiary/aromatic N) is 1. The molecule has 4 aromatic rings. The molecule has 0 radical (unpaired) electrons. The Bertz CT molecular complexity index is 5040. The summed E-state index contributed by atoms with van der Waals surface area (Å²) in [4.78, 5) is 150. The van der Waals surface area contributed by atoms with E-state index in [9.17, 15) is 70.8 Å². The second-order valence-corrected chi connectivity index (χ2v) is 37.3. The van der Waals surface area contributed by atoms with Crippen LogP contribution in [0.1, 0.15) is 140 Å². The smallest absolute Gasteiger partial charge is 0.411 e. The molecule has 0 spiro atoms. The van der Waals surface area contributed by atoms with Crippen LogP contribution in [-0.2, 0) is 114 Å². The highest BCUT2D eigenvalue weighted by Crippen LogP contribution is 2.72. The lowest BCUT2D eigenvalue weighted by Gasteiger charge is -2.63. The number of carbonyl (C=O) groups is 11. The van der Waals surface area contributed by atoms with Gasteiger partial charge in [-0.1, -0.05) is 94.8 Å². The van der Waals surface area contributed by atoms with Gasteiger partial charge in [0.1, 0.15) is 31.2 Å². The van der Waals surface area contributed by atoms with Crippen LogP contribution < -0.4 is 74.5 Å². The van der Waals surface area contributed by atoms with Gasteiger partial charge in [0.15, 0.2) is 29.1 Å². The molecule has 2 heterocycles. The summed E-state index contributed by atoms with van der Waals surface area (Å²) in [6.07, 6.45) is -2.75. The number of hydrazine groups is 1. The Morgan fingerprint density at radius 1 is 0.662 bits per heavy atom. The third-order valence-electron chi connectivity index (χ3n) is 25.9. The number of primary amides is 1. The first kappa shape index (κ1) is 110. The van der Waals surface area contributed by atoms with Gasteiger partial charge in [0.05, 0.1) is 140 Å². The SMILES string of the molecule is CCCC1O[C@@H]2C[C@H]3[C@@H]4C[C@H](F)C5=CC(=O)C=C[C@]5(C)[C@@]4(F)[C@@H](O)C[C@]3(C)[C@]2(C(=O)COc2ccc(NC(=O)OCc3ccc(NC(=O)[C@H](CCCNC(N)=O)CC(=O)[C@@H](NC(=O)[C@@H](CCC(=O)NCCS(=O)(=O)O)NC(=O)CCOCCOCCOCCOCCNC(=O)CCC(=O)N4Cc5ccccc5/C(NCCOCCOCCOCCNC)=C(/NN)c5ccccc54)C(C)C)cc3)cc2)O1. The Kier molecular flexibility index (Phi) is 42.5. The predicted molar refractivity (Wildman–Crippen MR) is 507 cm³/mol. The van der Waals surface area contributed by atoms with Crippen molar-refractivity contribution in [2.75, 3.05) is 160 Å². The number of benzene rings is 4. The molecule has 10 rings (SSSR count). The summed E-state index contributed by atoms with van der Waals surface area (Å²) < 4.78 is 130. The van der Waals surface area contributed by atoms with Crippen LogP contribution in [-0.4, -0.2) is 276 Å². The molecule has 0 bridgehead atoms. The van der Waals surface area contributed by atoms with Crippen molar-refractivity contribution < 1.29 is 132 Å². The van der Waals surface area contributed by atoms with Gasteiger partial charge in [-0.2, -0.15) is 8.42 Å². The van der Waals surface area contributed by atoms with Crippen LogP contribution >= 0.6 is 0 Å². The number of urea groups is 1. The van der Waals surface area contributed by atoms with Crippen molar-refractivity contribution in [3.05, 3.63) is 143 Å². The molecule has 1 saturated heterocycles. The van der Waals surface area contributed by atoms with Crippen molar-refractivity contribution in [1.82, 2.24) is 42.6 Å². The number of Topliss-reactive ketones (excluding diaryl/α,β-unsaturated/α-hetero) is 2. The Morgan fingerprint density at radius 2 is 1.27 bits per heavy atom. The van der Waals surface area contributed by atoms with Crippen molar-refractivity contribution >= 4 is 103 Å². The molecule has 139 heavy (non-hydrogen) atoms. The molecule has 16 N–H and O–H groups in total. The van der Waals surface area contributed by atoms with E-state index >= 15 is 8.78 Å². The molecule has 4 aromatic carbocycles. The maximum atomic E-state index is 18.0. The van der Waals surface area contributed by atoms with E-state index < -0.39 is 177 Å². The molecule has 39 nitrogen and oxygen atoms in total. The summed E-state index contributed by atoms with van der Waals surface area (Å²) in [5.41, 5.74) is 6.64. The molecule has 42 heteroatoms. The van der Waals surface area contributed by atoms with Crippen LogP contribution in [0.4, 0.5) is 35.4 Å². The standard InChI is InChI=1S/C97H135F2N13O26S/c1-7-13-86-137-81-57-72-73-56-75(98)74-55-68(113)31-33-94(74,4)96(73,99)79(115)58-95(72,5)97(81,138-86)80(116)61-135-69-25-23-67(24-26-69)108-93(124)136-60-63-19-21-66(22-20-63)107-90(121)64(15-12-34-106-92(100)123)54-78(114)87(62(2)3)110-91(122)76(27-28-82(117)104-38-53-139(125,126)127)109-84(119)32-39-128-43-47-132-51-52-134-49-45-130-41-36-103-83(118)29-30-85(120)112-59-65-14-8-9-16-70(65)88(89(111-101)71-17-10-11-18-77(71)112)105-37-42-131-46-50-133-48-44-129-40-35-102-6/h8-11,14,16-26,31,33,55,62,64,72-73,75-76,79,81,86-87,102,105,111,115H,7,12-13,15,27-30,32,34-54,56-61,101H2,1-6H3,(H,103,118)(H,104,117)(H,107,121)(H,108,124)(H,109,119)(H,110,122)(H3,100,106,123)(H,125,126,127)/b89-88-/t64-,72+,73+,75+,76-,79+,81-,86?,87+,94+,95+,96+,97-/m1/s1. The number of ether oxygens (including phenoxy) is 11. The number of allylic oxidation sites excluding steroid dienone is 4. The lowest BCUT2D eigenvalue weighted by Crippen LogP contribution is -2.71. The fraction of sp³-hybridized carbons (Fsp3) is 0.577. The van der Waals surface area contributed by atoms with E-state index in [-0.39, 0.29) is 166 Å². The Labute approximate surface area is 808 Å². The maximum absolute atomic E-state index is 18.0. The lowest BCUT2D eigenvalue weighted by atomic mass is 9.44. The summed E-state index contributed by atoms with van der Waals surface area (Å²) in [5, 5.41) is 36.8. The molecule has 3 saturated carbocycles. The zero-order valence-electron chi connectivity index (χ0n) is 79.7. The van der Waals surface area contributed by atoms with Crippen molar-refractivity contribution in [2.45, 2.75) is 179 Å². The van der Waals surface area contributed by atoms with Crippen LogP contribution in [0.2, 0.25) is 0 Å². The number of para-hydroxylation sites is 1. The van der Waals surface area contributed by atoms with Gasteiger partial charge in [0.25, 0.3) is 10.1 Å². The number of fused-ring (bicyclic) bond motifs is 9. The number of halogens is 2. The van der Waals surface area contributed by atoms with E-state index in [0.717, 1.165) is 29.4 Å². The number of ketones is 3. The van der Waals surface area contributed by atoms with Crippen LogP contribution in [0.15, 0.2) is 121 Å². The Balaban J connectivity index is 0.619. The minimum atomic E-state index is -4.44. The van der Waals surface area contributed by atoms with Gasteiger partial charge in [-0.05, 0) is 142 Å². The quantitative estimate of drug-likeness (QED) is 0.0104. The molecule has 764 valence electrons. The lowest BCUT2D eigenvalue weighted by molar-refractivity contribution is -0.234. The number of aliphatic hydroxyl groups excluding tert-OH is 1. The first-order valence-corrected chi connectivity index (χ1v) is 48.9. The third kappa shape index (κ3) is 30.4. The monoisotopic (exact) mass is 1970 g/mol. The highest BCUT2D eigenvalue weighted by Gasteiger charge is 2.80. The fourth-order valence-corrected chi connectivity index (χ4v) is 19.2. The second-order valence-electron chi connectivity index (χ2n) is 35.7. The zero-order valence-corrected chi connectivity index (χ0v) is 80.5. The van der Waals surface area contributed by atoms with E-state index in [1.165, 1.54) is 43.3 Å². The number of likely N-dealkylation sites (N-methyl/N-ethyl adjacent to an activating group) is 1. The Morgan fingerprint density at radius 3 is 1.92 bits per heavy atom. The van der Waals surface area contributed by atoms with E-state index in [0.29, 0.717) is 87.2 Å². The van der Waals surface area contributed by atoms with E-state index in [2.05, 4.69) is 53.3 Å². The number of nitrogens with one attached hydrogen (secondary N) is 10. The third-order valence-corrected chi connectivity index (χ3v) is 26.6. The van der Waals surface area contributed by atoms with Gasteiger partial charge in [-0.3, -0.25) is 58.9 Å². The molecule has 9 amide bonds. The summed E-state index contributed by atoms with van der Waals surface area (Å²) >= 11 is 0. The number of aliphatic hydroxyl groups is 1. The van der Waals surface area contributed by atoms with Crippen LogP contribution in [0, 0.1) is 34.5 Å². The molecule has 13 atom stereocenters. The minimum Gasteiger partial charge on any atom is -0.486 e. The number of anilines is 3. The van der Waals surface area contributed by atoms with Gasteiger partial charge in [-0.25, -0.2) is 18.4 Å². The van der Waals surface area contributed by atoms with Gasteiger partial charge in [-0.15, -0.1) is 0 Å². The van der Waals surface area contributed by atoms with Gasteiger partial charge in [0.2, 0.25) is 41.2 Å². The number of alkyl halides is 2. The highest BCUT2D eigenvalue weighted by molar-refractivity contribution is 7.85. The van der Waals surface area contributed by atoms with Gasteiger partial charge in [0, 0.05) is 110 Å². The predicted octanol–water partition coefficient (Wildman–Crippen LogP) is 6.01. The van der Waals surface area contributed by atoms with Crippen molar-refractivity contribution in [2.24, 2.45) is 46.1 Å². The molecular weight excluding hydrogens is 1830 g/mol. The summed E-state index contributed by atoms with van der Waals surface area (Å²) in [6.45, 7) is 12.9. The summed E-state index contributed by atoms with van der Waals surface area (Å²) in [6, 6.07) is 23.9. The first-order chi connectivity index (χ1) is 66.7. The van der Waals surface area contributed by atoms with Crippen LogP contribution in [0.3, 0.4) is 0 Å². The number of nitrogens with two attached hydrogens (primary N) is 2. The normalized spacial score (nSPS) is 22.9. The van der Waals surface area contributed by atoms with Crippen molar-refractivity contribution in [3.63, 3.8) is 0 Å². The average molecular weight is 1970 g/mol. The van der Waals surface area contributed by atoms with Crippen molar-refractivity contribution in [1.29, 1.82) is 0 Å². The molecule has 4 aliphatic carbocycles. The summed E-state index contributed by atoms with van der Waals surface area (Å²) in [5.74, 6) is -2.71. The van der Waals surface area contributed by atoms with Gasteiger partial charge < -0.3 is 116 Å². The number of amides is 9. The van der Waals surface area contributed by atoms with Crippen LogP contribution in [0.5, 0.6) is 5.75 Å². The number of rotatable bonds is 60. The van der Waals surface area contributed by atoms with Crippen molar-refractivity contribution in [3.8, 4) is 5.75 Å². The topological polar surface area (TPSA) is 539 Å². The number of hydrogen-bond donors (Lipinski definition) is 14. The molecule has 4 fully saturated rings. The Hall–Kier alpha value is -10.8. The molecule has 2 aliphatic heterocycles. The molecule has 6 aliphatic rings. The van der Waals surface area contributed by atoms with E-state index in [4.69, 9.17) is 63.7 Å². The number of hydrogen-bond acceptors (Lipinski definition) is 29. The van der Waals surface area contributed by atoms with E-state index in [1.807, 2.05) is 62.5 Å². The molecule has 0 aromatic heterocycles. The fourth-order valence-electron chi connectivity index (χ4n) is 18.9. The number of carbonyl (C=O) groups excluding carboxylic acids is 11.